The van der Waals surface area contributed by atoms with Crippen LogP contribution in [-0.2, 0) is 13.0 Å². The zero-order chi connectivity index (χ0) is 14.8. The minimum absolute atomic E-state index is 0.260. The molecule has 0 fully saturated rings. The van der Waals surface area contributed by atoms with E-state index in [2.05, 4.69) is 4.98 Å². The molecule has 0 aliphatic carbocycles. The van der Waals surface area contributed by atoms with Crippen molar-refractivity contribution in [2.75, 3.05) is 0 Å². The van der Waals surface area contributed by atoms with Crippen LogP contribution in [0.5, 0.6) is 0 Å². The molecule has 0 unspecified atom stereocenters. The molecule has 0 saturated carbocycles. The Kier molecular flexibility index (Phi) is 3.66. The van der Waals surface area contributed by atoms with Crippen LogP contribution in [-0.4, -0.2) is 9.55 Å². The zero-order valence-corrected chi connectivity index (χ0v) is 12.0. The van der Waals surface area contributed by atoms with Crippen molar-refractivity contribution >= 4 is 23.1 Å². The van der Waals surface area contributed by atoms with Crippen molar-refractivity contribution in [1.29, 1.82) is 0 Å². The first kappa shape index (κ1) is 13.7. The van der Waals surface area contributed by atoms with E-state index in [0.29, 0.717) is 28.6 Å². The predicted octanol–water partition coefficient (Wildman–Crippen LogP) is 3.44. The second kappa shape index (κ2) is 5.61. The zero-order valence-electron chi connectivity index (χ0n) is 11.2. The van der Waals surface area contributed by atoms with Crippen molar-refractivity contribution in [3.8, 4) is 0 Å². The summed E-state index contributed by atoms with van der Waals surface area (Å²) in [6.07, 6.45) is 0.694. The minimum atomic E-state index is -0.431. The molecule has 0 aliphatic rings. The Morgan fingerprint density at radius 2 is 1.90 bits per heavy atom. The largest absolute Gasteiger partial charge is 0.332 e. The van der Waals surface area contributed by atoms with Crippen LogP contribution in [0.15, 0.2) is 53.3 Å². The molecule has 2 aromatic carbocycles. The third kappa shape index (κ3) is 2.78. The van der Waals surface area contributed by atoms with Gasteiger partial charge in [0.25, 0.3) is 5.56 Å². The number of hydrogen-bond acceptors (Lipinski definition) is 2. The van der Waals surface area contributed by atoms with E-state index in [-0.39, 0.29) is 5.56 Å². The lowest BCUT2D eigenvalue weighted by atomic mass is 10.1. The van der Waals surface area contributed by atoms with Gasteiger partial charge in [0.1, 0.15) is 5.82 Å². The smallest absolute Gasteiger partial charge is 0.262 e. The highest BCUT2D eigenvalue weighted by molar-refractivity contribution is 7.71. The second-order valence-electron chi connectivity index (χ2n) is 4.81. The van der Waals surface area contributed by atoms with Crippen LogP contribution in [0.2, 0.25) is 0 Å². The summed E-state index contributed by atoms with van der Waals surface area (Å²) in [5.41, 5.74) is 1.42. The van der Waals surface area contributed by atoms with E-state index in [1.807, 2.05) is 30.3 Å². The first-order chi connectivity index (χ1) is 10.1. The van der Waals surface area contributed by atoms with Gasteiger partial charge in [-0.15, -0.1) is 0 Å². The quantitative estimate of drug-likeness (QED) is 0.752. The topological polar surface area (TPSA) is 37.8 Å². The summed E-state index contributed by atoms with van der Waals surface area (Å²) < 4.78 is 15.1. The molecule has 5 heteroatoms. The lowest BCUT2D eigenvalue weighted by Crippen LogP contribution is -2.23. The Hall–Kier alpha value is -2.27. The molecule has 1 heterocycles. The number of aromatic amines is 1. The van der Waals surface area contributed by atoms with Crippen molar-refractivity contribution < 1.29 is 4.39 Å². The van der Waals surface area contributed by atoms with Gasteiger partial charge in [0.15, 0.2) is 4.77 Å². The van der Waals surface area contributed by atoms with Gasteiger partial charge in [-0.1, -0.05) is 30.3 Å². The summed E-state index contributed by atoms with van der Waals surface area (Å²) in [6.45, 7) is 0.463. The van der Waals surface area contributed by atoms with Gasteiger partial charge in [-0.3, -0.25) is 9.36 Å². The van der Waals surface area contributed by atoms with Crippen molar-refractivity contribution in [3.63, 3.8) is 0 Å². The maximum absolute atomic E-state index is 13.3. The van der Waals surface area contributed by atoms with E-state index in [1.54, 1.807) is 0 Å². The molecule has 0 radical (unpaired) electrons. The Balaban J connectivity index is 2.02. The molecule has 0 saturated heterocycles. The fourth-order valence-electron chi connectivity index (χ4n) is 2.31. The first-order valence-electron chi connectivity index (χ1n) is 6.61. The number of aryl methyl sites for hydroxylation is 1. The summed E-state index contributed by atoms with van der Waals surface area (Å²) in [7, 11) is 0. The van der Waals surface area contributed by atoms with E-state index in [4.69, 9.17) is 12.2 Å². The van der Waals surface area contributed by atoms with Gasteiger partial charge >= 0.3 is 0 Å². The Morgan fingerprint density at radius 1 is 1.14 bits per heavy atom. The molecule has 3 rings (SSSR count). The number of hydrogen-bond donors (Lipinski definition) is 1. The van der Waals surface area contributed by atoms with Crippen LogP contribution >= 0.6 is 12.2 Å². The fraction of sp³-hybridized carbons (Fsp3) is 0.125. The van der Waals surface area contributed by atoms with Crippen molar-refractivity contribution in [2.24, 2.45) is 0 Å². The highest BCUT2D eigenvalue weighted by Crippen LogP contribution is 2.10. The number of halogens is 1. The monoisotopic (exact) mass is 300 g/mol. The van der Waals surface area contributed by atoms with E-state index in [0.717, 1.165) is 5.56 Å². The van der Waals surface area contributed by atoms with Gasteiger partial charge in [-0.25, -0.2) is 4.39 Å². The summed E-state index contributed by atoms with van der Waals surface area (Å²) in [5, 5.41) is 0.316. The lowest BCUT2D eigenvalue weighted by Gasteiger charge is -2.08. The average Bonchev–Trinajstić information content (AvgIpc) is 2.49. The van der Waals surface area contributed by atoms with E-state index in [9.17, 15) is 9.18 Å². The van der Waals surface area contributed by atoms with Gasteiger partial charge < -0.3 is 4.98 Å². The van der Waals surface area contributed by atoms with Crippen LogP contribution < -0.4 is 5.56 Å². The number of H-pyrrole nitrogens is 1. The summed E-state index contributed by atoms with van der Waals surface area (Å²) >= 11 is 5.23. The average molecular weight is 300 g/mol. The standard InChI is InChI=1S/C16H13FN2OS/c17-12-6-7-14-13(10-12)15(20)19(16(21)18-14)9-8-11-4-2-1-3-5-11/h1-7,10H,8-9H2,(H,18,21). The normalized spacial score (nSPS) is 10.9. The predicted molar refractivity (Wildman–Crippen MR) is 83.5 cm³/mol. The van der Waals surface area contributed by atoms with Crippen LogP contribution in [0, 0.1) is 10.6 Å². The number of benzene rings is 2. The minimum Gasteiger partial charge on any atom is -0.332 e. The summed E-state index contributed by atoms with van der Waals surface area (Å²) in [4.78, 5) is 15.4. The number of aromatic nitrogens is 2. The maximum Gasteiger partial charge on any atom is 0.262 e. The molecule has 0 aliphatic heterocycles. The second-order valence-corrected chi connectivity index (χ2v) is 5.20. The highest BCUT2D eigenvalue weighted by atomic mass is 32.1. The molecule has 106 valence electrons. The molecule has 0 bridgehead atoms. The molecule has 0 atom stereocenters. The number of rotatable bonds is 3. The van der Waals surface area contributed by atoms with Crippen LogP contribution in [0.25, 0.3) is 10.9 Å². The molecule has 0 spiro atoms. The first-order valence-corrected chi connectivity index (χ1v) is 7.02. The van der Waals surface area contributed by atoms with Crippen molar-refractivity contribution in [2.45, 2.75) is 13.0 Å². The summed E-state index contributed by atoms with van der Waals surface area (Å²) in [5.74, 6) is -0.431. The molecular weight excluding hydrogens is 287 g/mol. The molecular formula is C16H13FN2OS. The van der Waals surface area contributed by atoms with Gasteiger partial charge in [-0.05, 0) is 42.4 Å². The Morgan fingerprint density at radius 3 is 2.67 bits per heavy atom. The fourth-order valence-corrected chi connectivity index (χ4v) is 2.60. The maximum atomic E-state index is 13.3. The van der Waals surface area contributed by atoms with Crippen LogP contribution in [0.1, 0.15) is 5.56 Å². The number of nitrogens with one attached hydrogen (secondary N) is 1. The number of fused-ring (bicyclic) bond motifs is 1. The summed E-state index contributed by atoms with van der Waals surface area (Å²) in [6, 6.07) is 13.9. The van der Waals surface area contributed by atoms with Crippen LogP contribution in [0.3, 0.4) is 0 Å². The van der Waals surface area contributed by atoms with E-state index in [1.165, 1.54) is 22.8 Å². The van der Waals surface area contributed by atoms with E-state index >= 15 is 0 Å². The third-order valence-corrected chi connectivity index (χ3v) is 3.73. The molecule has 3 aromatic rings. The lowest BCUT2D eigenvalue weighted by molar-refractivity contribution is 0.626. The van der Waals surface area contributed by atoms with Gasteiger partial charge in [-0.2, -0.15) is 0 Å². The molecule has 1 aromatic heterocycles. The van der Waals surface area contributed by atoms with Crippen molar-refractivity contribution in [3.05, 3.63) is 75.0 Å². The molecule has 0 amide bonds. The van der Waals surface area contributed by atoms with Gasteiger partial charge in [0.2, 0.25) is 0 Å². The van der Waals surface area contributed by atoms with Crippen molar-refractivity contribution in [1.82, 2.24) is 9.55 Å². The SMILES string of the molecule is O=c1c2cc(F)ccc2[nH]c(=S)n1CCc1ccccc1. The Bertz CT molecular complexity index is 900. The Labute approximate surface area is 125 Å². The molecule has 1 N–H and O–H groups in total. The van der Waals surface area contributed by atoms with Gasteiger partial charge in [0, 0.05) is 6.54 Å². The number of nitrogens with zero attached hydrogens (tertiary/aromatic N) is 1. The molecule has 21 heavy (non-hydrogen) atoms. The van der Waals surface area contributed by atoms with E-state index < -0.39 is 5.82 Å². The van der Waals surface area contributed by atoms with Crippen LogP contribution in [0.4, 0.5) is 4.39 Å². The molecule has 3 nitrogen and oxygen atoms in total. The van der Waals surface area contributed by atoms with Gasteiger partial charge in [0.05, 0.1) is 10.9 Å². The third-order valence-electron chi connectivity index (χ3n) is 3.41. The highest BCUT2D eigenvalue weighted by Gasteiger charge is 2.06.